The third-order valence-electron chi connectivity index (χ3n) is 3.80. The van der Waals surface area contributed by atoms with E-state index in [1.807, 2.05) is 18.5 Å². The number of aromatic nitrogens is 4. The van der Waals surface area contributed by atoms with Gasteiger partial charge in [0.25, 0.3) is 5.91 Å². The summed E-state index contributed by atoms with van der Waals surface area (Å²) in [5.41, 5.74) is 9.70. The van der Waals surface area contributed by atoms with E-state index in [4.69, 9.17) is 5.73 Å². The monoisotopic (exact) mass is 336 g/mol. The van der Waals surface area contributed by atoms with Gasteiger partial charge in [0.1, 0.15) is 11.5 Å². The standard InChI is InChI=1S/C18H20N6O/c1-12-9-13(2)24(23-12)15-5-3-14(4-6-15)7-8-21-17-11-20-10-16(22-17)18(19)25/h3-6,9-11H,7-8H2,1-2H3,(H2,19,25)(H,21,22). The lowest BCUT2D eigenvalue weighted by Gasteiger charge is -2.08. The Kier molecular flexibility index (Phi) is 4.74. The average molecular weight is 336 g/mol. The number of hydrogen-bond donors (Lipinski definition) is 2. The second-order valence-electron chi connectivity index (χ2n) is 5.84. The van der Waals surface area contributed by atoms with Gasteiger partial charge >= 0.3 is 0 Å². The van der Waals surface area contributed by atoms with E-state index in [1.165, 1.54) is 11.8 Å². The van der Waals surface area contributed by atoms with E-state index in [9.17, 15) is 4.79 Å². The quantitative estimate of drug-likeness (QED) is 0.717. The van der Waals surface area contributed by atoms with E-state index in [-0.39, 0.29) is 5.69 Å². The minimum absolute atomic E-state index is 0.152. The van der Waals surface area contributed by atoms with E-state index in [0.717, 1.165) is 23.5 Å². The second kappa shape index (κ2) is 7.12. The molecule has 0 aliphatic carbocycles. The Morgan fingerprint density at radius 1 is 1.20 bits per heavy atom. The second-order valence-corrected chi connectivity index (χ2v) is 5.84. The molecule has 0 aliphatic rings. The molecule has 0 aliphatic heterocycles. The predicted molar refractivity (Wildman–Crippen MR) is 95.8 cm³/mol. The molecular formula is C18H20N6O. The summed E-state index contributed by atoms with van der Waals surface area (Å²) in [5.74, 6) is -0.0496. The SMILES string of the molecule is Cc1cc(C)n(-c2ccc(CCNc3cncc(C(N)=O)n3)cc2)n1. The topological polar surface area (TPSA) is 98.7 Å². The lowest BCUT2D eigenvalue weighted by Crippen LogP contribution is -2.15. The van der Waals surface area contributed by atoms with Crippen molar-refractivity contribution >= 4 is 11.7 Å². The molecule has 0 spiro atoms. The van der Waals surface area contributed by atoms with Crippen molar-refractivity contribution in [1.29, 1.82) is 0 Å². The van der Waals surface area contributed by atoms with Crippen LogP contribution in [0.2, 0.25) is 0 Å². The molecule has 0 saturated carbocycles. The third kappa shape index (κ3) is 4.00. The highest BCUT2D eigenvalue weighted by molar-refractivity contribution is 5.90. The summed E-state index contributed by atoms with van der Waals surface area (Å²) in [5, 5.41) is 7.63. The van der Waals surface area contributed by atoms with Crippen molar-refractivity contribution in [2.75, 3.05) is 11.9 Å². The Bertz CT molecular complexity index is 885. The Morgan fingerprint density at radius 2 is 1.96 bits per heavy atom. The lowest BCUT2D eigenvalue weighted by molar-refractivity contribution is 0.0995. The van der Waals surface area contributed by atoms with Gasteiger partial charge in [0, 0.05) is 12.2 Å². The molecule has 2 heterocycles. The number of nitrogens with two attached hydrogens (primary N) is 1. The molecule has 7 heteroatoms. The van der Waals surface area contributed by atoms with E-state index in [2.05, 4.69) is 50.7 Å². The number of aryl methyl sites for hydroxylation is 2. The highest BCUT2D eigenvalue weighted by atomic mass is 16.1. The van der Waals surface area contributed by atoms with Crippen LogP contribution in [0.3, 0.4) is 0 Å². The Morgan fingerprint density at radius 3 is 2.60 bits per heavy atom. The van der Waals surface area contributed by atoms with E-state index in [1.54, 1.807) is 6.20 Å². The van der Waals surface area contributed by atoms with Gasteiger partial charge in [0.2, 0.25) is 0 Å². The number of benzene rings is 1. The fraction of sp³-hybridized carbons (Fsp3) is 0.222. The number of carbonyl (C=O) groups is 1. The smallest absolute Gasteiger partial charge is 0.268 e. The molecular weight excluding hydrogens is 316 g/mol. The molecule has 3 aromatic rings. The number of rotatable bonds is 6. The molecule has 128 valence electrons. The minimum atomic E-state index is -0.587. The van der Waals surface area contributed by atoms with Crippen molar-refractivity contribution in [1.82, 2.24) is 19.7 Å². The van der Waals surface area contributed by atoms with Gasteiger partial charge in [-0.05, 0) is 44.0 Å². The number of anilines is 1. The van der Waals surface area contributed by atoms with Crippen LogP contribution < -0.4 is 11.1 Å². The van der Waals surface area contributed by atoms with Crippen LogP contribution in [0.1, 0.15) is 27.4 Å². The maximum absolute atomic E-state index is 11.1. The molecule has 25 heavy (non-hydrogen) atoms. The Labute approximate surface area is 145 Å². The van der Waals surface area contributed by atoms with Gasteiger partial charge in [-0.25, -0.2) is 9.67 Å². The van der Waals surface area contributed by atoms with Gasteiger partial charge in [-0.15, -0.1) is 0 Å². The fourth-order valence-corrected chi connectivity index (χ4v) is 2.60. The maximum atomic E-state index is 11.1. The first kappa shape index (κ1) is 16.6. The normalized spacial score (nSPS) is 10.6. The molecule has 2 aromatic heterocycles. The average Bonchev–Trinajstić information content (AvgIpc) is 2.94. The Balaban J connectivity index is 1.60. The first-order valence-electron chi connectivity index (χ1n) is 8.01. The van der Waals surface area contributed by atoms with Crippen LogP contribution in [0.5, 0.6) is 0 Å². The summed E-state index contributed by atoms with van der Waals surface area (Å²) >= 11 is 0. The van der Waals surface area contributed by atoms with Crippen molar-refractivity contribution in [2.24, 2.45) is 5.73 Å². The summed E-state index contributed by atoms with van der Waals surface area (Å²) in [6.45, 7) is 4.70. The van der Waals surface area contributed by atoms with Crippen LogP contribution >= 0.6 is 0 Å². The fourth-order valence-electron chi connectivity index (χ4n) is 2.60. The Hall–Kier alpha value is -3.22. The third-order valence-corrected chi connectivity index (χ3v) is 3.80. The van der Waals surface area contributed by atoms with E-state index in [0.29, 0.717) is 12.4 Å². The highest BCUT2D eigenvalue weighted by Crippen LogP contribution is 2.13. The molecule has 0 atom stereocenters. The van der Waals surface area contributed by atoms with E-state index < -0.39 is 5.91 Å². The number of hydrogen-bond acceptors (Lipinski definition) is 5. The number of primary amides is 1. The van der Waals surface area contributed by atoms with Gasteiger partial charge in [-0.1, -0.05) is 12.1 Å². The van der Waals surface area contributed by atoms with Crippen LogP contribution in [0.4, 0.5) is 5.82 Å². The number of nitrogens with one attached hydrogen (secondary N) is 1. The highest BCUT2D eigenvalue weighted by Gasteiger charge is 2.05. The lowest BCUT2D eigenvalue weighted by atomic mass is 10.1. The summed E-state index contributed by atoms with van der Waals surface area (Å²) in [4.78, 5) is 19.2. The molecule has 0 radical (unpaired) electrons. The molecule has 3 N–H and O–H groups in total. The van der Waals surface area contributed by atoms with E-state index >= 15 is 0 Å². The minimum Gasteiger partial charge on any atom is -0.368 e. The number of carbonyl (C=O) groups excluding carboxylic acids is 1. The van der Waals surface area contributed by atoms with Crippen molar-refractivity contribution in [3.05, 3.63) is 65.4 Å². The van der Waals surface area contributed by atoms with Gasteiger partial charge < -0.3 is 11.1 Å². The first-order chi connectivity index (χ1) is 12.0. The molecule has 0 bridgehead atoms. The van der Waals surface area contributed by atoms with Gasteiger partial charge in [-0.3, -0.25) is 9.78 Å². The van der Waals surface area contributed by atoms with Gasteiger partial charge in [-0.2, -0.15) is 5.10 Å². The number of nitrogens with zero attached hydrogens (tertiary/aromatic N) is 4. The van der Waals surface area contributed by atoms with Crippen molar-refractivity contribution in [2.45, 2.75) is 20.3 Å². The van der Waals surface area contributed by atoms with Crippen molar-refractivity contribution in [3.63, 3.8) is 0 Å². The number of amides is 1. The predicted octanol–water partition coefficient (Wildman–Crippen LogP) is 2.03. The summed E-state index contributed by atoms with van der Waals surface area (Å²) < 4.78 is 1.93. The molecule has 1 amide bonds. The molecule has 7 nitrogen and oxygen atoms in total. The molecule has 0 saturated heterocycles. The largest absolute Gasteiger partial charge is 0.368 e. The van der Waals surface area contributed by atoms with Crippen molar-refractivity contribution < 1.29 is 4.79 Å². The maximum Gasteiger partial charge on any atom is 0.268 e. The van der Waals surface area contributed by atoms with Crippen molar-refractivity contribution in [3.8, 4) is 5.69 Å². The summed E-state index contributed by atoms with van der Waals surface area (Å²) in [6, 6.07) is 10.3. The first-order valence-corrected chi connectivity index (χ1v) is 8.01. The zero-order valence-electron chi connectivity index (χ0n) is 14.2. The van der Waals surface area contributed by atoms with Crippen LogP contribution in [-0.4, -0.2) is 32.2 Å². The van der Waals surface area contributed by atoms with Crippen LogP contribution in [0.25, 0.3) is 5.69 Å². The van der Waals surface area contributed by atoms with Gasteiger partial charge in [0.05, 0.1) is 23.8 Å². The zero-order valence-corrected chi connectivity index (χ0v) is 14.2. The molecule has 0 unspecified atom stereocenters. The van der Waals surface area contributed by atoms with Crippen LogP contribution in [0, 0.1) is 13.8 Å². The molecule has 3 rings (SSSR count). The van der Waals surface area contributed by atoms with Crippen LogP contribution in [-0.2, 0) is 6.42 Å². The molecule has 1 aromatic carbocycles. The molecule has 0 fully saturated rings. The zero-order chi connectivity index (χ0) is 17.8. The van der Waals surface area contributed by atoms with Gasteiger partial charge in [0.15, 0.2) is 0 Å². The van der Waals surface area contributed by atoms with Crippen LogP contribution in [0.15, 0.2) is 42.7 Å². The summed E-state index contributed by atoms with van der Waals surface area (Å²) in [7, 11) is 0. The summed E-state index contributed by atoms with van der Waals surface area (Å²) in [6.07, 6.45) is 3.74.